The SMILES string of the molecule is CC(=O)C(CNC(=O)C(Cl)(Cl)Cl)C(=O)O. The fourth-order valence-electron chi connectivity index (χ4n) is 0.700. The highest BCUT2D eigenvalue weighted by atomic mass is 35.6. The third-order valence-electron chi connectivity index (χ3n) is 1.51. The van der Waals surface area contributed by atoms with E-state index >= 15 is 0 Å². The highest BCUT2D eigenvalue weighted by molar-refractivity contribution is 6.76. The molecule has 1 atom stereocenters. The van der Waals surface area contributed by atoms with Crippen LogP contribution in [-0.2, 0) is 14.4 Å². The molecule has 15 heavy (non-hydrogen) atoms. The number of nitrogens with one attached hydrogen (secondary N) is 1. The van der Waals surface area contributed by atoms with Crippen LogP contribution in [0.2, 0.25) is 0 Å². The first-order valence-electron chi connectivity index (χ1n) is 3.74. The van der Waals surface area contributed by atoms with Gasteiger partial charge in [0, 0.05) is 6.54 Å². The average Bonchev–Trinajstić information content (AvgIpc) is 2.00. The topological polar surface area (TPSA) is 83.5 Å². The maximum atomic E-state index is 11.0. The molecule has 0 aliphatic carbocycles. The second kappa shape index (κ2) is 5.53. The number of carbonyl (C=O) groups is 3. The van der Waals surface area contributed by atoms with Crippen LogP contribution in [-0.4, -0.2) is 33.1 Å². The minimum absolute atomic E-state index is 0.405. The molecule has 0 aromatic rings. The Morgan fingerprint density at radius 2 is 1.80 bits per heavy atom. The zero-order valence-corrected chi connectivity index (χ0v) is 9.86. The minimum Gasteiger partial charge on any atom is -0.481 e. The van der Waals surface area contributed by atoms with Gasteiger partial charge in [-0.3, -0.25) is 14.4 Å². The molecule has 0 aromatic heterocycles. The first kappa shape index (κ1) is 14.5. The van der Waals surface area contributed by atoms with E-state index in [0.29, 0.717) is 0 Å². The highest BCUT2D eigenvalue weighted by Gasteiger charge is 2.32. The number of carbonyl (C=O) groups excluding carboxylic acids is 2. The van der Waals surface area contributed by atoms with Crippen LogP contribution in [0.4, 0.5) is 0 Å². The van der Waals surface area contributed by atoms with Gasteiger partial charge in [-0.2, -0.15) is 0 Å². The van der Waals surface area contributed by atoms with Gasteiger partial charge in [0.05, 0.1) is 0 Å². The number of hydrogen-bond donors (Lipinski definition) is 2. The Bertz CT molecular complexity index is 272. The minimum atomic E-state index is -2.17. The van der Waals surface area contributed by atoms with Crippen molar-refractivity contribution >= 4 is 52.5 Å². The van der Waals surface area contributed by atoms with E-state index in [1.165, 1.54) is 0 Å². The molecule has 0 saturated carbocycles. The monoisotopic (exact) mass is 275 g/mol. The molecule has 0 saturated heterocycles. The first-order valence-corrected chi connectivity index (χ1v) is 4.88. The predicted molar refractivity (Wildman–Crippen MR) is 55.1 cm³/mol. The molecular weight excluding hydrogens is 268 g/mol. The summed E-state index contributed by atoms with van der Waals surface area (Å²) in [6.07, 6.45) is 0. The molecule has 0 spiro atoms. The van der Waals surface area contributed by atoms with Gasteiger partial charge in [0.2, 0.25) is 0 Å². The molecule has 0 radical (unpaired) electrons. The van der Waals surface area contributed by atoms with Crippen molar-refractivity contribution in [2.45, 2.75) is 10.7 Å². The van der Waals surface area contributed by atoms with Crippen LogP contribution in [0, 0.1) is 5.92 Å². The van der Waals surface area contributed by atoms with Crippen molar-refractivity contribution in [3.63, 3.8) is 0 Å². The van der Waals surface area contributed by atoms with E-state index in [1.54, 1.807) is 0 Å². The summed E-state index contributed by atoms with van der Waals surface area (Å²) >= 11 is 15.6. The summed E-state index contributed by atoms with van der Waals surface area (Å²) in [5, 5.41) is 10.6. The molecule has 5 nitrogen and oxygen atoms in total. The van der Waals surface area contributed by atoms with Gasteiger partial charge in [-0.15, -0.1) is 0 Å². The normalized spacial score (nSPS) is 13.1. The third kappa shape index (κ3) is 5.20. The van der Waals surface area contributed by atoms with Crippen LogP contribution in [0.3, 0.4) is 0 Å². The molecule has 2 N–H and O–H groups in total. The molecule has 0 aliphatic rings. The van der Waals surface area contributed by atoms with Crippen molar-refractivity contribution in [1.82, 2.24) is 5.32 Å². The number of hydrogen-bond acceptors (Lipinski definition) is 3. The Kier molecular flexibility index (Phi) is 5.34. The Morgan fingerprint density at radius 3 is 2.07 bits per heavy atom. The van der Waals surface area contributed by atoms with Crippen molar-refractivity contribution in [1.29, 1.82) is 0 Å². The third-order valence-corrected chi connectivity index (χ3v) is 2.03. The van der Waals surface area contributed by atoms with E-state index < -0.39 is 33.9 Å². The lowest BCUT2D eigenvalue weighted by molar-refractivity contribution is -0.145. The maximum Gasteiger partial charge on any atom is 0.315 e. The van der Waals surface area contributed by atoms with Crippen LogP contribution in [0.1, 0.15) is 6.92 Å². The van der Waals surface area contributed by atoms with Crippen LogP contribution in [0.15, 0.2) is 0 Å². The number of amides is 1. The number of aliphatic carboxylic acids is 1. The van der Waals surface area contributed by atoms with E-state index in [9.17, 15) is 14.4 Å². The maximum absolute atomic E-state index is 11.0. The molecule has 0 aliphatic heterocycles. The standard InChI is InChI=1S/C7H8Cl3NO4/c1-3(12)4(5(13)14)2-11-6(15)7(8,9)10/h4H,2H2,1H3,(H,11,15)(H,13,14). The molecule has 86 valence electrons. The molecule has 0 bridgehead atoms. The molecule has 0 rings (SSSR count). The summed E-state index contributed by atoms with van der Waals surface area (Å²) in [7, 11) is 0. The fraction of sp³-hybridized carbons (Fsp3) is 0.571. The quantitative estimate of drug-likeness (QED) is 0.586. The molecule has 0 fully saturated rings. The summed E-state index contributed by atoms with van der Waals surface area (Å²) in [4.78, 5) is 32.4. The number of ketones is 1. The first-order chi connectivity index (χ1) is 6.66. The summed E-state index contributed by atoms with van der Waals surface area (Å²) in [5.74, 6) is -4.24. The molecule has 1 unspecified atom stereocenters. The zero-order chi connectivity index (χ0) is 12.2. The van der Waals surface area contributed by atoms with E-state index in [2.05, 4.69) is 0 Å². The number of carboxylic acids is 1. The average molecular weight is 277 g/mol. The lowest BCUT2D eigenvalue weighted by atomic mass is 10.1. The lowest BCUT2D eigenvalue weighted by Gasteiger charge is -2.13. The van der Waals surface area contributed by atoms with Crippen molar-refractivity contribution in [3.05, 3.63) is 0 Å². The lowest BCUT2D eigenvalue weighted by Crippen LogP contribution is -2.41. The van der Waals surface area contributed by atoms with Gasteiger partial charge in [0.1, 0.15) is 11.7 Å². The summed E-state index contributed by atoms with van der Waals surface area (Å²) in [6, 6.07) is 0. The number of halogens is 3. The van der Waals surface area contributed by atoms with Gasteiger partial charge >= 0.3 is 5.97 Å². The summed E-state index contributed by atoms with van der Waals surface area (Å²) in [5.41, 5.74) is 0. The summed E-state index contributed by atoms with van der Waals surface area (Å²) < 4.78 is -2.17. The smallest absolute Gasteiger partial charge is 0.315 e. The van der Waals surface area contributed by atoms with Gasteiger partial charge < -0.3 is 10.4 Å². The Balaban J connectivity index is 4.31. The fourth-order valence-corrected chi connectivity index (χ4v) is 0.900. The molecule has 0 aromatic carbocycles. The summed E-state index contributed by atoms with van der Waals surface area (Å²) in [6.45, 7) is 0.692. The molecule has 1 amide bonds. The molecular formula is C7H8Cl3NO4. The van der Waals surface area contributed by atoms with E-state index in [1.807, 2.05) is 5.32 Å². The number of alkyl halides is 3. The Labute approximate surface area is 101 Å². The van der Waals surface area contributed by atoms with Crippen LogP contribution >= 0.6 is 34.8 Å². The second-order valence-electron chi connectivity index (χ2n) is 2.71. The highest BCUT2D eigenvalue weighted by Crippen LogP contribution is 2.25. The van der Waals surface area contributed by atoms with Gasteiger partial charge in [-0.1, -0.05) is 34.8 Å². The molecule has 0 heterocycles. The number of Topliss-reactive ketones (excluding diaryl/α,β-unsaturated/α-hetero) is 1. The van der Waals surface area contributed by atoms with E-state index in [4.69, 9.17) is 39.9 Å². The van der Waals surface area contributed by atoms with Crippen LogP contribution in [0.25, 0.3) is 0 Å². The van der Waals surface area contributed by atoms with Gasteiger partial charge in [0.15, 0.2) is 0 Å². The van der Waals surface area contributed by atoms with Crippen molar-refractivity contribution in [2.75, 3.05) is 6.54 Å². The van der Waals surface area contributed by atoms with Gasteiger partial charge in [0.25, 0.3) is 9.70 Å². The van der Waals surface area contributed by atoms with Gasteiger partial charge in [-0.25, -0.2) is 0 Å². The number of rotatable bonds is 4. The largest absolute Gasteiger partial charge is 0.481 e. The second-order valence-corrected chi connectivity index (χ2v) is 4.99. The predicted octanol–water partition coefficient (Wildman–Crippen LogP) is 0.763. The van der Waals surface area contributed by atoms with Crippen molar-refractivity contribution in [3.8, 4) is 0 Å². The Morgan fingerprint density at radius 1 is 1.33 bits per heavy atom. The van der Waals surface area contributed by atoms with Crippen molar-refractivity contribution < 1.29 is 19.5 Å². The Hall–Kier alpha value is -0.520. The van der Waals surface area contributed by atoms with Crippen LogP contribution < -0.4 is 5.32 Å². The van der Waals surface area contributed by atoms with E-state index in [-0.39, 0.29) is 0 Å². The van der Waals surface area contributed by atoms with Crippen LogP contribution in [0.5, 0.6) is 0 Å². The van der Waals surface area contributed by atoms with Crippen molar-refractivity contribution in [2.24, 2.45) is 5.92 Å². The molecule has 8 heteroatoms. The zero-order valence-electron chi connectivity index (χ0n) is 7.59. The number of carboxylic acid groups (broad SMARTS) is 1. The van der Waals surface area contributed by atoms with E-state index in [0.717, 1.165) is 6.92 Å². The van der Waals surface area contributed by atoms with Gasteiger partial charge in [-0.05, 0) is 6.92 Å².